The number of rotatable bonds is 1. The van der Waals surface area contributed by atoms with Crippen LogP contribution in [0.1, 0.15) is 64.2 Å². The van der Waals surface area contributed by atoms with Crippen LogP contribution in [-0.2, 0) is 4.74 Å². The Morgan fingerprint density at radius 1 is 0.533 bits per heavy atom. The molecule has 0 spiro atoms. The highest BCUT2D eigenvalue weighted by Gasteiger charge is 2.41. The van der Waals surface area contributed by atoms with E-state index in [9.17, 15) is 0 Å². The monoisotopic (exact) mass is 208 g/mol. The van der Waals surface area contributed by atoms with Gasteiger partial charge in [-0.05, 0) is 37.5 Å². The van der Waals surface area contributed by atoms with E-state index in [2.05, 4.69) is 0 Å². The minimum absolute atomic E-state index is 0.681. The highest BCUT2D eigenvalue weighted by Crippen LogP contribution is 2.42. The largest absolute Gasteiger partial charge is 0.370 e. The van der Waals surface area contributed by atoms with Crippen molar-refractivity contribution in [2.24, 2.45) is 11.8 Å². The van der Waals surface area contributed by atoms with Gasteiger partial charge in [-0.15, -0.1) is 0 Å². The first kappa shape index (κ1) is 10.1. The lowest BCUT2D eigenvalue weighted by atomic mass is 9.81. The summed E-state index contributed by atoms with van der Waals surface area (Å²) < 4.78 is 5.62. The van der Waals surface area contributed by atoms with Gasteiger partial charge < -0.3 is 4.74 Å². The van der Waals surface area contributed by atoms with Crippen LogP contribution in [0.5, 0.6) is 0 Å². The van der Waals surface area contributed by atoms with Crippen LogP contribution in [0.2, 0.25) is 0 Å². The Kier molecular flexibility index (Phi) is 3.01. The van der Waals surface area contributed by atoms with Crippen LogP contribution in [0, 0.1) is 11.8 Å². The molecule has 3 fully saturated rings. The van der Waals surface area contributed by atoms with Crippen LogP contribution in [0.3, 0.4) is 0 Å². The Morgan fingerprint density at radius 2 is 1.07 bits per heavy atom. The van der Waals surface area contributed by atoms with Gasteiger partial charge in [0, 0.05) is 0 Å². The number of fused-ring (bicyclic) bond motifs is 1. The maximum Gasteiger partial charge on any atom is 0.0842 e. The van der Waals surface area contributed by atoms with Gasteiger partial charge in [0.15, 0.2) is 0 Å². The fraction of sp³-hybridized carbons (Fsp3) is 1.00. The van der Waals surface area contributed by atoms with Gasteiger partial charge in [-0.2, -0.15) is 0 Å². The van der Waals surface area contributed by atoms with Gasteiger partial charge in [-0.3, -0.25) is 0 Å². The zero-order valence-corrected chi connectivity index (χ0v) is 9.79. The zero-order chi connectivity index (χ0) is 10.1. The first-order chi connectivity index (χ1) is 7.43. The molecule has 1 heterocycles. The van der Waals surface area contributed by atoms with Crippen molar-refractivity contribution in [1.82, 2.24) is 0 Å². The summed E-state index contributed by atoms with van der Waals surface area (Å²) in [7, 11) is 0. The smallest absolute Gasteiger partial charge is 0.0842 e. The maximum absolute atomic E-state index is 5.62. The molecule has 1 heteroatoms. The fourth-order valence-corrected chi connectivity index (χ4v) is 3.84. The van der Waals surface area contributed by atoms with E-state index in [0.717, 1.165) is 11.8 Å². The summed E-state index contributed by atoms with van der Waals surface area (Å²) in [6, 6.07) is 0. The second kappa shape index (κ2) is 4.45. The predicted molar refractivity (Wildman–Crippen MR) is 61.8 cm³/mol. The van der Waals surface area contributed by atoms with E-state index in [4.69, 9.17) is 4.74 Å². The molecule has 0 aromatic heterocycles. The summed E-state index contributed by atoms with van der Waals surface area (Å²) >= 11 is 0. The van der Waals surface area contributed by atoms with Gasteiger partial charge in [-0.1, -0.05) is 38.5 Å². The molecule has 1 aliphatic heterocycles. The van der Waals surface area contributed by atoms with Crippen molar-refractivity contribution in [3.8, 4) is 0 Å². The highest BCUT2D eigenvalue weighted by molar-refractivity contribution is 4.90. The Bertz CT molecular complexity index is 193. The Morgan fingerprint density at radius 3 is 1.67 bits per heavy atom. The average Bonchev–Trinajstić information content (AvgIpc) is 3.01. The number of hydrogen-bond acceptors (Lipinski definition) is 1. The number of ether oxygens (including phenoxy) is 1. The van der Waals surface area contributed by atoms with Gasteiger partial charge in [0.2, 0.25) is 0 Å². The maximum atomic E-state index is 5.62. The fourth-order valence-electron chi connectivity index (χ4n) is 3.84. The molecule has 3 rings (SSSR count). The molecule has 1 nitrogen and oxygen atoms in total. The molecule has 2 unspecified atom stereocenters. The molecule has 0 bridgehead atoms. The molecule has 2 aliphatic carbocycles. The molecule has 0 aromatic rings. The van der Waals surface area contributed by atoms with Crippen molar-refractivity contribution < 1.29 is 4.74 Å². The Balaban J connectivity index is 1.55. The van der Waals surface area contributed by atoms with E-state index in [0.29, 0.717) is 12.2 Å². The van der Waals surface area contributed by atoms with E-state index >= 15 is 0 Å². The molecule has 0 aromatic carbocycles. The summed E-state index contributed by atoms with van der Waals surface area (Å²) in [6.45, 7) is 0. The topological polar surface area (TPSA) is 12.5 Å². The van der Waals surface area contributed by atoms with E-state index < -0.39 is 0 Å². The average molecular weight is 208 g/mol. The van der Waals surface area contributed by atoms with Crippen molar-refractivity contribution in [2.45, 2.75) is 76.4 Å². The summed E-state index contributed by atoms with van der Waals surface area (Å²) in [5, 5.41) is 0. The minimum atomic E-state index is 0.681. The second-order valence-electron chi connectivity index (χ2n) is 5.88. The Hall–Kier alpha value is -0.0400. The summed E-state index contributed by atoms with van der Waals surface area (Å²) in [6.07, 6.45) is 16.1. The minimum Gasteiger partial charge on any atom is -0.370 e. The quantitative estimate of drug-likeness (QED) is 0.470. The third-order valence-corrected chi connectivity index (χ3v) is 4.90. The molecule has 86 valence electrons. The second-order valence-corrected chi connectivity index (χ2v) is 5.88. The molecule has 2 saturated carbocycles. The van der Waals surface area contributed by atoms with Crippen LogP contribution >= 0.6 is 0 Å². The molecule has 15 heavy (non-hydrogen) atoms. The van der Waals surface area contributed by atoms with E-state index in [1.807, 2.05) is 0 Å². The van der Waals surface area contributed by atoms with E-state index in [1.54, 1.807) is 0 Å². The molecule has 0 radical (unpaired) electrons. The molecule has 0 amide bonds. The predicted octanol–water partition coefficient (Wildman–Crippen LogP) is 3.91. The van der Waals surface area contributed by atoms with Gasteiger partial charge in [-0.25, -0.2) is 0 Å². The van der Waals surface area contributed by atoms with Crippen LogP contribution < -0.4 is 0 Å². The standard InChI is InChI=1S/C14H24O/c1-2-4-6-11(5-3-1)12-7-9-13-14(15-13)10-8-12/h11-14H,1-10H2. The van der Waals surface area contributed by atoms with Crippen molar-refractivity contribution in [1.29, 1.82) is 0 Å². The van der Waals surface area contributed by atoms with Gasteiger partial charge in [0.05, 0.1) is 12.2 Å². The SMILES string of the molecule is C1CCCC(C2CCC3OC3CC2)CC1. The van der Waals surface area contributed by atoms with Crippen molar-refractivity contribution in [3.05, 3.63) is 0 Å². The number of epoxide rings is 1. The number of hydrogen-bond donors (Lipinski definition) is 0. The molecule has 2 atom stereocenters. The van der Waals surface area contributed by atoms with Gasteiger partial charge >= 0.3 is 0 Å². The summed E-state index contributed by atoms with van der Waals surface area (Å²) in [5.74, 6) is 2.13. The molecule has 1 saturated heterocycles. The lowest BCUT2D eigenvalue weighted by Gasteiger charge is -2.25. The molecule has 0 N–H and O–H groups in total. The third kappa shape index (κ3) is 2.38. The first-order valence-electron chi connectivity index (χ1n) is 7.09. The van der Waals surface area contributed by atoms with Crippen LogP contribution in [0.15, 0.2) is 0 Å². The van der Waals surface area contributed by atoms with E-state index in [-0.39, 0.29) is 0 Å². The zero-order valence-electron chi connectivity index (χ0n) is 9.79. The Labute approximate surface area is 93.6 Å². The van der Waals surface area contributed by atoms with Gasteiger partial charge in [0.25, 0.3) is 0 Å². The van der Waals surface area contributed by atoms with Crippen LogP contribution in [0.25, 0.3) is 0 Å². The first-order valence-corrected chi connectivity index (χ1v) is 7.09. The third-order valence-electron chi connectivity index (χ3n) is 4.90. The summed E-state index contributed by atoms with van der Waals surface area (Å²) in [5.41, 5.74) is 0. The van der Waals surface area contributed by atoms with E-state index in [1.165, 1.54) is 64.2 Å². The van der Waals surface area contributed by atoms with Gasteiger partial charge in [0.1, 0.15) is 0 Å². The lowest BCUT2D eigenvalue weighted by molar-refractivity contribution is 0.229. The normalized spacial score (nSPS) is 42.8. The van der Waals surface area contributed by atoms with Crippen molar-refractivity contribution in [3.63, 3.8) is 0 Å². The van der Waals surface area contributed by atoms with Crippen molar-refractivity contribution in [2.75, 3.05) is 0 Å². The highest BCUT2D eigenvalue weighted by atomic mass is 16.6. The van der Waals surface area contributed by atoms with Crippen LogP contribution in [0.4, 0.5) is 0 Å². The molecular weight excluding hydrogens is 184 g/mol. The molecular formula is C14H24O. The molecule has 3 aliphatic rings. The lowest BCUT2D eigenvalue weighted by Crippen LogP contribution is -2.14. The van der Waals surface area contributed by atoms with Crippen LogP contribution in [-0.4, -0.2) is 12.2 Å². The van der Waals surface area contributed by atoms with Crippen molar-refractivity contribution >= 4 is 0 Å². The summed E-state index contributed by atoms with van der Waals surface area (Å²) in [4.78, 5) is 0.